The van der Waals surface area contributed by atoms with Crippen molar-refractivity contribution in [1.82, 2.24) is 5.32 Å². The Labute approximate surface area is 112 Å². The number of benzene rings is 1. The van der Waals surface area contributed by atoms with Crippen molar-refractivity contribution in [2.45, 2.75) is 58.4 Å². The lowest BCUT2D eigenvalue weighted by atomic mass is 9.86. The molecule has 1 nitrogen and oxygen atoms in total. The molecular weight excluding hydrogens is 218 g/mol. The van der Waals surface area contributed by atoms with Gasteiger partial charge in [-0.2, -0.15) is 0 Å². The van der Waals surface area contributed by atoms with Gasteiger partial charge in [0.15, 0.2) is 0 Å². The zero-order chi connectivity index (χ0) is 13.0. The number of nitrogens with one attached hydrogen (secondary N) is 1. The van der Waals surface area contributed by atoms with Crippen LogP contribution in [0.5, 0.6) is 0 Å². The molecule has 1 unspecified atom stereocenters. The minimum atomic E-state index is 0.375. The van der Waals surface area contributed by atoms with Crippen molar-refractivity contribution >= 4 is 0 Å². The highest BCUT2D eigenvalue weighted by Gasteiger charge is 2.31. The first-order valence-electron chi connectivity index (χ1n) is 7.46. The number of hydrogen-bond acceptors (Lipinski definition) is 1. The van der Waals surface area contributed by atoms with E-state index in [2.05, 4.69) is 50.4 Å². The third kappa shape index (κ3) is 3.35. The van der Waals surface area contributed by atoms with Crippen molar-refractivity contribution < 1.29 is 0 Å². The summed E-state index contributed by atoms with van der Waals surface area (Å²) in [5.74, 6) is 0.745. The lowest BCUT2D eigenvalue weighted by Gasteiger charge is -2.28. The van der Waals surface area contributed by atoms with Gasteiger partial charge in [-0.1, -0.05) is 45.0 Å². The van der Waals surface area contributed by atoms with Crippen molar-refractivity contribution in [3.8, 4) is 0 Å². The minimum absolute atomic E-state index is 0.375. The molecule has 0 radical (unpaired) electrons. The van der Waals surface area contributed by atoms with E-state index in [-0.39, 0.29) is 0 Å². The Morgan fingerprint density at radius 2 is 1.83 bits per heavy atom. The molecule has 0 spiro atoms. The van der Waals surface area contributed by atoms with E-state index in [4.69, 9.17) is 0 Å². The Morgan fingerprint density at radius 3 is 2.33 bits per heavy atom. The predicted octanol–water partition coefficient (Wildman–Crippen LogP) is 3.96. The standard InChI is InChI=1S/C17H27N/c1-4-17(10-5-11-18-17)13-16-8-6-15(7-9-16)12-14(2)3/h6-9,14,18H,4-5,10-13H2,1-3H3. The molecule has 1 aliphatic heterocycles. The maximum absolute atomic E-state index is 3.72. The van der Waals surface area contributed by atoms with E-state index in [1.54, 1.807) is 0 Å². The molecule has 0 saturated carbocycles. The molecule has 1 atom stereocenters. The molecule has 1 heterocycles. The quantitative estimate of drug-likeness (QED) is 0.828. The topological polar surface area (TPSA) is 12.0 Å². The predicted molar refractivity (Wildman–Crippen MR) is 78.9 cm³/mol. The van der Waals surface area contributed by atoms with Crippen molar-refractivity contribution in [3.05, 3.63) is 35.4 Å². The molecule has 1 aliphatic rings. The van der Waals surface area contributed by atoms with E-state index >= 15 is 0 Å². The van der Waals surface area contributed by atoms with Gasteiger partial charge in [0.25, 0.3) is 0 Å². The lowest BCUT2D eigenvalue weighted by Crippen LogP contribution is -2.41. The molecule has 1 heteroatoms. The first kappa shape index (κ1) is 13.6. The van der Waals surface area contributed by atoms with Crippen LogP contribution in [-0.2, 0) is 12.8 Å². The van der Waals surface area contributed by atoms with Gasteiger partial charge in [-0.05, 0) is 55.7 Å². The largest absolute Gasteiger partial charge is 0.311 e. The molecule has 1 aromatic carbocycles. The third-order valence-electron chi connectivity index (χ3n) is 4.22. The third-order valence-corrected chi connectivity index (χ3v) is 4.22. The average Bonchev–Trinajstić information content (AvgIpc) is 2.80. The number of rotatable bonds is 5. The summed E-state index contributed by atoms with van der Waals surface area (Å²) in [6.07, 6.45) is 6.28. The molecule has 100 valence electrons. The van der Waals surface area contributed by atoms with Gasteiger partial charge in [-0.25, -0.2) is 0 Å². The summed E-state index contributed by atoms with van der Waals surface area (Å²) in [6, 6.07) is 9.28. The van der Waals surface area contributed by atoms with Crippen LogP contribution in [0, 0.1) is 5.92 Å². The normalized spacial score (nSPS) is 23.8. The molecule has 1 fully saturated rings. The van der Waals surface area contributed by atoms with E-state index in [1.807, 2.05) is 0 Å². The summed E-state index contributed by atoms with van der Waals surface area (Å²) >= 11 is 0. The Morgan fingerprint density at radius 1 is 1.17 bits per heavy atom. The van der Waals surface area contributed by atoms with Crippen LogP contribution < -0.4 is 5.32 Å². The molecule has 1 aromatic rings. The maximum Gasteiger partial charge on any atom is 0.0219 e. The van der Waals surface area contributed by atoms with Crippen LogP contribution in [0.3, 0.4) is 0 Å². The van der Waals surface area contributed by atoms with Gasteiger partial charge in [-0.15, -0.1) is 0 Å². The molecule has 0 bridgehead atoms. The summed E-state index contributed by atoms with van der Waals surface area (Å²) in [4.78, 5) is 0. The van der Waals surface area contributed by atoms with Crippen molar-refractivity contribution in [1.29, 1.82) is 0 Å². The van der Waals surface area contributed by atoms with E-state index in [0.29, 0.717) is 5.54 Å². The molecule has 0 amide bonds. The number of hydrogen-bond donors (Lipinski definition) is 1. The van der Waals surface area contributed by atoms with E-state index in [0.717, 1.165) is 5.92 Å². The van der Waals surface area contributed by atoms with Crippen LogP contribution in [0.15, 0.2) is 24.3 Å². The van der Waals surface area contributed by atoms with E-state index < -0.39 is 0 Å². The van der Waals surface area contributed by atoms with Crippen molar-refractivity contribution in [2.24, 2.45) is 5.92 Å². The minimum Gasteiger partial charge on any atom is -0.311 e. The fourth-order valence-corrected chi connectivity index (χ4v) is 3.10. The Hall–Kier alpha value is -0.820. The summed E-state index contributed by atoms with van der Waals surface area (Å²) in [7, 11) is 0. The second-order valence-corrected chi connectivity index (χ2v) is 6.26. The van der Waals surface area contributed by atoms with Crippen LogP contribution in [0.4, 0.5) is 0 Å². The van der Waals surface area contributed by atoms with Crippen LogP contribution in [0.1, 0.15) is 51.2 Å². The second-order valence-electron chi connectivity index (χ2n) is 6.26. The molecular formula is C17H27N. The zero-order valence-corrected chi connectivity index (χ0v) is 12.1. The molecule has 18 heavy (non-hydrogen) atoms. The first-order valence-corrected chi connectivity index (χ1v) is 7.46. The van der Waals surface area contributed by atoms with Gasteiger partial charge in [0.1, 0.15) is 0 Å². The van der Waals surface area contributed by atoms with Crippen LogP contribution in [0.25, 0.3) is 0 Å². The summed E-state index contributed by atoms with van der Waals surface area (Å²) in [5, 5.41) is 3.72. The van der Waals surface area contributed by atoms with Crippen LogP contribution in [0.2, 0.25) is 0 Å². The van der Waals surface area contributed by atoms with Gasteiger partial charge in [0.05, 0.1) is 0 Å². The Bertz CT molecular complexity index is 358. The van der Waals surface area contributed by atoms with Crippen molar-refractivity contribution in [3.63, 3.8) is 0 Å². The highest BCUT2D eigenvalue weighted by atomic mass is 15.0. The van der Waals surface area contributed by atoms with Gasteiger partial charge in [0, 0.05) is 5.54 Å². The second kappa shape index (κ2) is 5.88. The Kier molecular flexibility index (Phi) is 4.45. The SMILES string of the molecule is CCC1(Cc2ccc(CC(C)C)cc2)CCCN1. The van der Waals surface area contributed by atoms with E-state index in [9.17, 15) is 0 Å². The zero-order valence-electron chi connectivity index (χ0n) is 12.1. The molecule has 0 aromatic heterocycles. The monoisotopic (exact) mass is 245 g/mol. The van der Waals surface area contributed by atoms with Gasteiger partial charge in [0.2, 0.25) is 0 Å². The maximum atomic E-state index is 3.72. The molecule has 2 rings (SSSR count). The molecule has 0 aliphatic carbocycles. The summed E-state index contributed by atoms with van der Waals surface area (Å²) < 4.78 is 0. The fraction of sp³-hybridized carbons (Fsp3) is 0.647. The van der Waals surface area contributed by atoms with Gasteiger partial charge < -0.3 is 5.32 Å². The smallest absolute Gasteiger partial charge is 0.0219 e. The fourth-order valence-electron chi connectivity index (χ4n) is 3.10. The first-order chi connectivity index (χ1) is 8.63. The van der Waals surface area contributed by atoms with Gasteiger partial charge >= 0.3 is 0 Å². The summed E-state index contributed by atoms with van der Waals surface area (Å²) in [5.41, 5.74) is 3.33. The molecule has 1 N–H and O–H groups in total. The van der Waals surface area contributed by atoms with Gasteiger partial charge in [-0.3, -0.25) is 0 Å². The summed E-state index contributed by atoms with van der Waals surface area (Å²) in [6.45, 7) is 8.07. The highest BCUT2D eigenvalue weighted by Crippen LogP contribution is 2.27. The molecule has 1 saturated heterocycles. The average molecular weight is 245 g/mol. The highest BCUT2D eigenvalue weighted by molar-refractivity contribution is 5.25. The van der Waals surface area contributed by atoms with Crippen molar-refractivity contribution in [2.75, 3.05) is 6.54 Å². The van der Waals surface area contributed by atoms with E-state index in [1.165, 1.54) is 49.8 Å². The van der Waals surface area contributed by atoms with Crippen LogP contribution in [-0.4, -0.2) is 12.1 Å². The lowest BCUT2D eigenvalue weighted by molar-refractivity contribution is 0.360. The Balaban J connectivity index is 2.01. The van der Waals surface area contributed by atoms with Crippen LogP contribution >= 0.6 is 0 Å².